The van der Waals surface area contributed by atoms with Crippen molar-refractivity contribution >= 4 is 53.6 Å². The average Bonchev–Trinajstić information content (AvgIpc) is 2.72. The first kappa shape index (κ1) is 15.4. The molecule has 3 rings (SSSR count). The lowest BCUT2D eigenvalue weighted by molar-refractivity contribution is -0.116. The number of ketones is 1. The minimum absolute atomic E-state index is 0.0348. The number of fused-ring (bicyclic) bond motifs is 3. The second-order valence-electron chi connectivity index (χ2n) is 5.01. The number of rotatable bonds is 2. The van der Waals surface area contributed by atoms with E-state index in [-0.39, 0.29) is 12.2 Å². The zero-order valence-corrected chi connectivity index (χ0v) is 15.6. The molecule has 0 saturated heterocycles. The number of aliphatic hydroxyl groups is 1. The van der Waals surface area contributed by atoms with Crippen molar-refractivity contribution in [3.05, 3.63) is 59.2 Å². The first-order chi connectivity index (χ1) is 9.88. The molecule has 0 aliphatic heterocycles. The number of Topliss-reactive ketones (excluding diaryl/α,β-unsaturated/α-hetero) is 1. The third kappa shape index (κ3) is 2.89. The lowest BCUT2D eigenvalue weighted by atomic mass is 10.0. The SMILES string of the molecule is O=C(Cc1ccc2c(c1)C(O)c1ccccc1-2)C(Br)(Br)Br. The Kier molecular flexibility index (Phi) is 4.12. The zero-order valence-electron chi connectivity index (χ0n) is 10.8. The van der Waals surface area contributed by atoms with Gasteiger partial charge in [-0.2, -0.15) is 0 Å². The predicted molar refractivity (Wildman–Crippen MR) is 94.2 cm³/mol. The number of hydrogen-bond acceptors (Lipinski definition) is 2. The molecule has 5 heteroatoms. The van der Waals surface area contributed by atoms with Gasteiger partial charge in [-0.1, -0.05) is 90.3 Å². The summed E-state index contributed by atoms with van der Waals surface area (Å²) in [6.45, 7) is 0. The fourth-order valence-corrected chi connectivity index (χ4v) is 3.05. The van der Waals surface area contributed by atoms with Crippen LogP contribution in [-0.2, 0) is 11.2 Å². The molecule has 21 heavy (non-hydrogen) atoms. The van der Waals surface area contributed by atoms with Crippen molar-refractivity contribution in [1.82, 2.24) is 0 Å². The molecule has 0 heterocycles. The van der Waals surface area contributed by atoms with Crippen molar-refractivity contribution in [3.63, 3.8) is 0 Å². The van der Waals surface area contributed by atoms with Crippen LogP contribution in [0.1, 0.15) is 22.8 Å². The van der Waals surface area contributed by atoms with Gasteiger partial charge >= 0.3 is 0 Å². The van der Waals surface area contributed by atoms with Crippen molar-refractivity contribution in [2.45, 2.75) is 14.7 Å². The van der Waals surface area contributed by atoms with Crippen LogP contribution in [0.5, 0.6) is 0 Å². The van der Waals surface area contributed by atoms with E-state index in [4.69, 9.17) is 0 Å². The Bertz CT molecular complexity index is 720. The maximum Gasteiger partial charge on any atom is 0.192 e. The van der Waals surface area contributed by atoms with Crippen LogP contribution in [0.2, 0.25) is 0 Å². The fourth-order valence-electron chi connectivity index (χ4n) is 2.63. The van der Waals surface area contributed by atoms with Crippen LogP contribution in [0.3, 0.4) is 0 Å². The van der Waals surface area contributed by atoms with Gasteiger partial charge in [-0.3, -0.25) is 4.79 Å². The minimum atomic E-state index is -0.895. The van der Waals surface area contributed by atoms with Crippen LogP contribution in [0.15, 0.2) is 42.5 Å². The summed E-state index contributed by atoms with van der Waals surface area (Å²) in [5.74, 6) is -0.0348. The highest BCUT2D eigenvalue weighted by molar-refractivity contribution is 9.40. The van der Waals surface area contributed by atoms with Crippen LogP contribution < -0.4 is 0 Å². The molecule has 2 aromatic rings. The van der Waals surface area contributed by atoms with Gasteiger partial charge in [-0.25, -0.2) is 0 Å². The number of benzene rings is 2. The van der Waals surface area contributed by atoms with Crippen LogP contribution in [0.4, 0.5) is 0 Å². The van der Waals surface area contributed by atoms with Crippen LogP contribution in [-0.4, -0.2) is 13.0 Å². The molecule has 0 fully saturated rings. The number of alkyl halides is 3. The molecular weight excluding hydrogens is 464 g/mol. The smallest absolute Gasteiger partial charge is 0.192 e. The second kappa shape index (κ2) is 5.61. The highest BCUT2D eigenvalue weighted by Crippen LogP contribution is 2.43. The summed E-state index contributed by atoms with van der Waals surface area (Å²) in [4.78, 5) is 12.0. The molecule has 0 radical (unpaired) electrons. The monoisotopic (exact) mass is 472 g/mol. The molecule has 2 aromatic carbocycles. The molecule has 1 aliphatic rings. The second-order valence-corrected chi connectivity index (χ2v) is 11.8. The Balaban J connectivity index is 1.96. The van der Waals surface area contributed by atoms with Gasteiger partial charge in [0.2, 0.25) is 0 Å². The number of aliphatic hydroxyl groups excluding tert-OH is 1. The van der Waals surface area contributed by atoms with Crippen LogP contribution >= 0.6 is 47.8 Å². The summed E-state index contributed by atoms with van der Waals surface area (Å²) in [6.07, 6.45) is -0.342. The molecule has 2 nitrogen and oxygen atoms in total. The predicted octanol–water partition coefficient (Wildman–Crippen LogP) is 4.70. The molecule has 1 aliphatic carbocycles. The summed E-state index contributed by atoms with van der Waals surface area (Å²) < 4.78 is -0.895. The summed E-state index contributed by atoms with van der Waals surface area (Å²) in [6, 6.07) is 13.7. The summed E-state index contributed by atoms with van der Waals surface area (Å²) in [7, 11) is 0. The normalized spacial score (nSPS) is 16.5. The van der Waals surface area contributed by atoms with E-state index in [2.05, 4.69) is 47.8 Å². The van der Waals surface area contributed by atoms with Gasteiger partial charge in [0, 0.05) is 6.42 Å². The number of carbonyl (C=O) groups excluding carboxylic acids is 1. The summed E-state index contributed by atoms with van der Waals surface area (Å²) >= 11 is 9.70. The fraction of sp³-hybridized carbons (Fsp3) is 0.188. The Labute approximate surface area is 148 Å². The highest BCUT2D eigenvalue weighted by Gasteiger charge is 2.30. The van der Waals surface area contributed by atoms with Crippen LogP contribution in [0.25, 0.3) is 11.1 Å². The van der Waals surface area contributed by atoms with E-state index in [1.54, 1.807) is 0 Å². The lowest BCUT2D eigenvalue weighted by Gasteiger charge is -2.12. The van der Waals surface area contributed by atoms with Gasteiger partial charge in [0.15, 0.2) is 7.93 Å². The molecule has 0 bridgehead atoms. The van der Waals surface area contributed by atoms with E-state index >= 15 is 0 Å². The molecule has 1 atom stereocenters. The first-order valence-corrected chi connectivity index (χ1v) is 8.76. The molecule has 0 spiro atoms. The van der Waals surface area contributed by atoms with Gasteiger partial charge in [-0.05, 0) is 27.8 Å². The highest BCUT2D eigenvalue weighted by atomic mass is 80.0. The average molecular weight is 475 g/mol. The third-order valence-electron chi connectivity index (χ3n) is 3.64. The van der Waals surface area contributed by atoms with E-state index in [0.29, 0.717) is 0 Å². The van der Waals surface area contributed by atoms with Gasteiger partial charge in [0.05, 0.1) is 0 Å². The first-order valence-electron chi connectivity index (χ1n) is 6.38. The van der Waals surface area contributed by atoms with E-state index in [1.807, 2.05) is 42.5 Å². The largest absolute Gasteiger partial charge is 0.384 e. The van der Waals surface area contributed by atoms with E-state index in [0.717, 1.165) is 27.8 Å². The van der Waals surface area contributed by atoms with Crippen molar-refractivity contribution in [1.29, 1.82) is 0 Å². The van der Waals surface area contributed by atoms with Gasteiger partial charge in [-0.15, -0.1) is 0 Å². The summed E-state index contributed by atoms with van der Waals surface area (Å²) in [5.41, 5.74) is 4.77. The van der Waals surface area contributed by atoms with Crippen molar-refractivity contribution in [2.24, 2.45) is 0 Å². The molecule has 1 N–H and O–H groups in total. The van der Waals surface area contributed by atoms with Crippen LogP contribution in [0, 0.1) is 0 Å². The standard InChI is InChI=1S/C16H11Br3O2/c17-16(18,19)14(20)8-9-5-6-11-10-3-1-2-4-12(10)15(21)13(11)7-9/h1-7,15,21H,8H2. The van der Waals surface area contributed by atoms with E-state index in [9.17, 15) is 9.90 Å². The van der Waals surface area contributed by atoms with E-state index in [1.165, 1.54) is 0 Å². The van der Waals surface area contributed by atoms with Crippen molar-refractivity contribution < 1.29 is 9.90 Å². The Morgan fingerprint density at radius 3 is 2.43 bits per heavy atom. The number of hydrogen-bond donors (Lipinski definition) is 1. The Hall–Kier alpha value is -0.490. The van der Waals surface area contributed by atoms with E-state index < -0.39 is 8.25 Å². The number of carbonyl (C=O) groups is 1. The molecule has 1 unspecified atom stereocenters. The minimum Gasteiger partial charge on any atom is -0.384 e. The lowest BCUT2D eigenvalue weighted by Crippen LogP contribution is -2.19. The Morgan fingerprint density at radius 2 is 1.71 bits per heavy atom. The molecular formula is C16H11Br3O2. The Morgan fingerprint density at radius 1 is 1.05 bits per heavy atom. The maximum atomic E-state index is 12.0. The zero-order chi connectivity index (χ0) is 15.2. The quantitative estimate of drug-likeness (QED) is 0.641. The van der Waals surface area contributed by atoms with Gasteiger partial charge in [0.1, 0.15) is 6.10 Å². The molecule has 0 saturated carbocycles. The van der Waals surface area contributed by atoms with Crippen molar-refractivity contribution in [3.8, 4) is 11.1 Å². The maximum absolute atomic E-state index is 12.0. The number of halogens is 3. The topological polar surface area (TPSA) is 37.3 Å². The van der Waals surface area contributed by atoms with Gasteiger partial charge in [0.25, 0.3) is 0 Å². The van der Waals surface area contributed by atoms with Crippen molar-refractivity contribution in [2.75, 3.05) is 0 Å². The third-order valence-corrected chi connectivity index (χ3v) is 4.96. The molecule has 0 aromatic heterocycles. The molecule has 0 amide bonds. The summed E-state index contributed by atoms with van der Waals surface area (Å²) in [5, 5.41) is 10.4. The van der Waals surface area contributed by atoms with Gasteiger partial charge < -0.3 is 5.11 Å². The molecule has 108 valence electrons.